The SMILES string of the molecule is c1ccc(SSc2nc3ccccc3s2)cc1. The molecule has 0 aliphatic heterocycles. The van der Waals surface area contributed by atoms with Crippen molar-refractivity contribution >= 4 is 43.1 Å². The van der Waals surface area contributed by atoms with Gasteiger partial charge in [-0.05, 0) is 35.1 Å². The standard InChI is InChI=1S/C13H9NS3/c1-2-6-10(7-3-1)16-17-13-14-11-8-4-5-9-12(11)15-13/h1-9H. The molecule has 0 amide bonds. The lowest BCUT2D eigenvalue weighted by molar-refractivity contribution is 1.31. The van der Waals surface area contributed by atoms with Gasteiger partial charge in [-0.2, -0.15) is 0 Å². The summed E-state index contributed by atoms with van der Waals surface area (Å²) in [5.41, 5.74) is 1.09. The van der Waals surface area contributed by atoms with Crippen molar-refractivity contribution in [2.45, 2.75) is 9.24 Å². The Morgan fingerprint density at radius 3 is 2.41 bits per heavy atom. The van der Waals surface area contributed by atoms with Crippen LogP contribution in [0.4, 0.5) is 0 Å². The van der Waals surface area contributed by atoms with Crippen LogP contribution in [0.15, 0.2) is 63.8 Å². The molecule has 3 rings (SSSR count). The third-order valence-electron chi connectivity index (χ3n) is 2.23. The Balaban J connectivity index is 1.77. The van der Waals surface area contributed by atoms with Gasteiger partial charge in [0.25, 0.3) is 0 Å². The maximum Gasteiger partial charge on any atom is 0.162 e. The second-order valence-electron chi connectivity index (χ2n) is 3.43. The van der Waals surface area contributed by atoms with Crippen molar-refractivity contribution in [3.8, 4) is 0 Å². The van der Waals surface area contributed by atoms with Gasteiger partial charge in [-0.15, -0.1) is 11.3 Å². The van der Waals surface area contributed by atoms with E-state index in [1.807, 2.05) is 12.1 Å². The molecule has 4 heteroatoms. The highest BCUT2D eigenvalue weighted by Gasteiger charge is 2.04. The molecule has 0 aliphatic carbocycles. The molecule has 0 N–H and O–H groups in total. The highest BCUT2D eigenvalue weighted by molar-refractivity contribution is 8.77. The Morgan fingerprint density at radius 1 is 0.824 bits per heavy atom. The highest BCUT2D eigenvalue weighted by atomic mass is 33.1. The molecular weight excluding hydrogens is 266 g/mol. The van der Waals surface area contributed by atoms with E-state index in [1.165, 1.54) is 9.60 Å². The monoisotopic (exact) mass is 275 g/mol. The minimum absolute atomic E-state index is 1.09. The van der Waals surface area contributed by atoms with Gasteiger partial charge in [0.15, 0.2) is 4.34 Å². The first-order valence-electron chi connectivity index (χ1n) is 5.17. The van der Waals surface area contributed by atoms with Crippen LogP contribution in [-0.2, 0) is 0 Å². The molecule has 1 nitrogen and oxygen atoms in total. The molecular formula is C13H9NS3. The van der Waals surface area contributed by atoms with Gasteiger partial charge >= 0.3 is 0 Å². The van der Waals surface area contributed by atoms with Crippen molar-refractivity contribution in [2.24, 2.45) is 0 Å². The maximum absolute atomic E-state index is 4.59. The number of nitrogens with zero attached hydrogens (tertiary/aromatic N) is 1. The van der Waals surface area contributed by atoms with Crippen LogP contribution in [0.3, 0.4) is 0 Å². The second-order valence-corrected chi connectivity index (χ2v) is 6.91. The van der Waals surface area contributed by atoms with Crippen LogP contribution in [0.2, 0.25) is 0 Å². The molecule has 84 valence electrons. The average Bonchev–Trinajstić information content (AvgIpc) is 2.80. The molecule has 0 radical (unpaired) electrons. The first kappa shape index (κ1) is 11.1. The summed E-state index contributed by atoms with van der Waals surface area (Å²) >= 11 is 1.75. The first-order valence-corrected chi connectivity index (χ1v) is 8.13. The molecule has 0 aliphatic rings. The minimum Gasteiger partial charge on any atom is -0.229 e. The van der Waals surface area contributed by atoms with E-state index >= 15 is 0 Å². The summed E-state index contributed by atoms with van der Waals surface area (Å²) < 4.78 is 2.36. The van der Waals surface area contributed by atoms with Crippen LogP contribution in [0.5, 0.6) is 0 Å². The van der Waals surface area contributed by atoms with E-state index in [9.17, 15) is 0 Å². The average molecular weight is 275 g/mol. The predicted octanol–water partition coefficient (Wildman–Crippen LogP) is 5.10. The molecule has 17 heavy (non-hydrogen) atoms. The molecule has 2 aromatic carbocycles. The lowest BCUT2D eigenvalue weighted by Crippen LogP contribution is -1.67. The number of para-hydroxylation sites is 1. The predicted molar refractivity (Wildman–Crippen MR) is 77.8 cm³/mol. The third-order valence-corrected chi connectivity index (χ3v) is 5.96. The summed E-state index contributed by atoms with van der Waals surface area (Å²) in [5, 5.41) is 0. The molecule has 0 saturated carbocycles. The quantitative estimate of drug-likeness (QED) is 0.617. The van der Waals surface area contributed by atoms with Crippen LogP contribution in [0.25, 0.3) is 10.2 Å². The summed E-state index contributed by atoms with van der Waals surface area (Å²) in [6.45, 7) is 0. The fraction of sp³-hybridized carbons (Fsp3) is 0. The molecule has 0 bridgehead atoms. The van der Waals surface area contributed by atoms with E-state index in [0.29, 0.717) is 0 Å². The minimum atomic E-state index is 1.09. The Labute approximate surface area is 112 Å². The number of hydrogen-bond donors (Lipinski definition) is 0. The fourth-order valence-electron chi connectivity index (χ4n) is 1.45. The molecule has 1 heterocycles. The van der Waals surface area contributed by atoms with E-state index in [4.69, 9.17) is 0 Å². The van der Waals surface area contributed by atoms with Gasteiger partial charge in [0.1, 0.15) is 0 Å². The maximum atomic E-state index is 4.59. The first-order chi connectivity index (χ1) is 8.42. The van der Waals surface area contributed by atoms with Gasteiger partial charge < -0.3 is 0 Å². The van der Waals surface area contributed by atoms with Gasteiger partial charge in [0, 0.05) is 4.90 Å². The Bertz CT molecular complexity index is 586. The van der Waals surface area contributed by atoms with E-state index in [2.05, 4.69) is 47.4 Å². The van der Waals surface area contributed by atoms with Gasteiger partial charge in [0.05, 0.1) is 10.2 Å². The molecule has 0 saturated heterocycles. The third kappa shape index (κ3) is 2.65. The number of aromatic nitrogens is 1. The van der Waals surface area contributed by atoms with Crippen molar-refractivity contribution in [2.75, 3.05) is 0 Å². The number of fused-ring (bicyclic) bond motifs is 1. The van der Waals surface area contributed by atoms with E-state index in [1.54, 1.807) is 32.9 Å². The summed E-state index contributed by atoms with van der Waals surface area (Å²) in [7, 11) is 3.48. The fourth-order valence-corrected chi connectivity index (χ4v) is 4.68. The molecule has 3 aromatic rings. The van der Waals surface area contributed by atoms with Gasteiger partial charge in [-0.1, -0.05) is 41.1 Å². The van der Waals surface area contributed by atoms with Crippen molar-refractivity contribution in [3.63, 3.8) is 0 Å². The van der Waals surface area contributed by atoms with Crippen molar-refractivity contribution in [3.05, 3.63) is 54.6 Å². The molecule has 0 atom stereocenters. The normalized spacial score (nSPS) is 10.8. The number of rotatable bonds is 3. The summed E-state index contributed by atoms with van der Waals surface area (Å²) in [6, 6.07) is 18.6. The van der Waals surface area contributed by atoms with Gasteiger partial charge in [-0.3, -0.25) is 0 Å². The second kappa shape index (κ2) is 5.12. The van der Waals surface area contributed by atoms with Crippen LogP contribution in [0, 0.1) is 0 Å². The van der Waals surface area contributed by atoms with Crippen LogP contribution < -0.4 is 0 Å². The van der Waals surface area contributed by atoms with Crippen molar-refractivity contribution in [1.82, 2.24) is 4.98 Å². The van der Waals surface area contributed by atoms with Gasteiger partial charge in [-0.25, -0.2) is 4.98 Å². The number of thiazole rings is 1. The smallest absolute Gasteiger partial charge is 0.162 e. The van der Waals surface area contributed by atoms with Crippen LogP contribution in [-0.4, -0.2) is 4.98 Å². The summed E-state index contributed by atoms with van der Waals surface area (Å²) in [6.07, 6.45) is 0. The summed E-state index contributed by atoms with van der Waals surface area (Å²) in [4.78, 5) is 5.85. The largest absolute Gasteiger partial charge is 0.229 e. The Morgan fingerprint density at radius 2 is 1.59 bits per heavy atom. The van der Waals surface area contributed by atoms with Crippen molar-refractivity contribution in [1.29, 1.82) is 0 Å². The zero-order chi connectivity index (χ0) is 11.5. The number of benzene rings is 2. The zero-order valence-corrected chi connectivity index (χ0v) is 11.3. The van der Waals surface area contributed by atoms with E-state index < -0.39 is 0 Å². The van der Waals surface area contributed by atoms with E-state index in [0.717, 1.165) is 9.86 Å². The molecule has 0 unspecified atom stereocenters. The number of hydrogen-bond acceptors (Lipinski definition) is 4. The highest BCUT2D eigenvalue weighted by Crippen LogP contribution is 2.40. The lowest BCUT2D eigenvalue weighted by atomic mass is 10.3. The summed E-state index contributed by atoms with van der Waals surface area (Å²) in [5.74, 6) is 0. The molecule has 0 fully saturated rings. The Kier molecular flexibility index (Phi) is 3.36. The Hall–Kier alpha value is -0.970. The van der Waals surface area contributed by atoms with Crippen molar-refractivity contribution < 1.29 is 0 Å². The van der Waals surface area contributed by atoms with Crippen LogP contribution in [0.1, 0.15) is 0 Å². The van der Waals surface area contributed by atoms with Crippen LogP contribution >= 0.6 is 32.9 Å². The van der Waals surface area contributed by atoms with Gasteiger partial charge in [0.2, 0.25) is 0 Å². The zero-order valence-electron chi connectivity index (χ0n) is 8.87. The van der Waals surface area contributed by atoms with E-state index in [-0.39, 0.29) is 0 Å². The molecule has 0 spiro atoms. The molecule has 1 aromatic heterocycles. The lowest BCUT2D eigenvalue weighted by Gasteiger charge is -1.95. The topological polar surface area (TPSA) is 12.9 Å².